The highest BCUT2D eigenvalue weighted by atomic mass is 16.7. The minimum atomic E-state index is -0.667. The summed E-state index contributed by atoms with van der Waals surface area (Å²) in [5.41, 5.74) is 7.43. The van der Waals surface area contributed by atoms with Gasteiger partial charge in [0.2, 0.25) is 5.88 Å². The van der Waals surface area contributed by atoms with Gasteiger partial charge in [-0.15, -0.1) is 0 Å². The molecular weight excluding hydrogens is 409 g/mol. The number of carbonyl (C=O) groups is 1. The largest absolute Gasteiger partial charge is 0.492 e. The number of carbonyl (C=O) groups excluding carboxylic acids is 1. The number of anilines is 1. The number of nitrogens with zero attached hydrogens (tertiary/aromatic N) is 1. The molecule has 0 saturated carbocycles. The van der Waals surface area contributed by atoms with E-state index in [4.69, 9.17) is 24.5 Å². The molecule has 1 amide bonds. The van der Waals surface area contributed by atoms with E-state index in [1.165, 1.54) is 7.11 Å². The molecule has 1 saturated heterocycles. The molecule has 0 unspecified atom stereocenters. The minimum Gasteiger partial charge on any atom is -0.480 e. The lowest BCUT2D eigenvalue weighted by Crippen LogP contribution is -2.41. The Hall–Kier alpha value is -3.04. The van der Waals surface area contributed by atoms with Crippen molar-refractivity contribution in [3.63, 3.8) is 0 Å². The number of methoxy groups -OCH3 is 1. The molecule has 0 radical (unpaired) electrons. The molecule has 170 valence electrons. The Morgan fingerprint density at radius 1 is 1.12 bits per heavy atom. The zero-order chi connectivity index (χ0) is 23.4. The molecule has 1 fully saturated rings. The van der Waals surface area contributed by atoms with Crippen molar-refractivity contribution in [1.29, 1.82) is 0 Å². The topological polar surface area (TPSA) is 105 Å². The molecule has 3 N–H and O–H groups in total. The molecule has 1 aliphatic heterocycles. The summed E-state index contributed by atoms with van der Waals surface area (Å²) in [5, 5.41) is 2.77. The number of aromatic nitrogens is 1. The maximum Gasteiger partial charge on any atom is 0.492 e. The highest BCUT2D eigenvalue weighted by molar-refractivity contribution is 6.56. The summed E-state index contributed by atoms with van der Waals surface area (Å²) in [4.78, 5) is 16.7. The van der Waals surface area contributed by atoms with Crippen molar-refractivity contribution >= 4 is 25.0 Å². The molecule has 1 aromatic heterocycles. The lowest BCUT2D eigenvalue weighted by atomic mass is 9.77. The van der Waals surface area contributed by atoms with Gasteiger partial charge in [-0.1, -0.05) is 30.3 Å². The van der Waals surface area contributed by atoms with Crippen LogP contribution in [0, 0.1) is 0 Å². The summed E-state index contributed by atoms with van der Waals surface area (Å²) in [6.07, 6.45) is 1.25. The second-order valence-electron chi connectivity index (χ2n) is 8.56. The molecule has 2 aromatic rings. The number of rotatable bonds is 7. The Morgan fingerprint density at radius 3 is 2.41 bits per heavy atom. The van der Waals surface area contributed by atoms with Crippen LogP contribution in [0.25, 0.3) is 6.08 Å². The first-order valence-electron chi connectivity index (χ1n) is 10.4. The van der Waals surface area contributed by atoms with Crippen LogP contribution in [0.4, 0.5) is 10.5 Å². The Morgan fingerprint density at radius 2 is 1.78 bits per heavy atom. The first-order valence-corrected chi connectivity index (χ1v) is 10.4. The average molecular weight is 439 g/mol. The van der Waals surface area contributed by atoms with E-state index < -0.39 is 24.4 Å². The van der Waals surface area contributed by atoms with E-state index in [1.807, 2.05) is 58.0 Å². The number of ether oxygens (including phenoxy) is 2. The van der Waals surface area contributed by atoms with Crippen molar-refractivity contribution in [2.24, 2.45) is 0 Å². The molecule has 2 heterocycles. The predicted molar refractivity (Wildman–Crippen MR) is 124 cm³/mol. The second-order valence-corrected chi connectivity index (χ2v) is 8.56. The van der Waals surface area contributed by atoms with Crippen LogP contribution in [-0.4, -0.2) is 43.1 Å². The number of amides is 1. The average Bonchev–Trinajstić information content (AvgIpc) is 2.98. The standard InChI is InChI=1S/C23H30BN3O5/c1-22(2)23(3,4)32-24(31-22)17(13-18-11-12-19(25)20(27-18)29-5)14-26-21(28)30-15-16-9-7-6-8-10-16/h6-13H,14-15,25H2,1-5H3,(H,26,28). The fraction of sp³-hybridized carbons (Fsp3) is 0.391. The summed E-state index contributed by atoms with van der Waals surface area (Å²) in [5.74, 6) is 0.322. The number of benzene rings is 1. The van der Waals surface area contributed by atoms with Gasteiger partial charge in [0.05, 0.1) is 29.7 Å². The Labute approximate surface area is 189 Å². The van der Waals surface area contributed by atoms with E-state index in [9.17, 15) is 4.79 Å². The number of pyridine rings is 1. The summed E-state index contributed by atoms with van der Waals surface area (Å²) in [7, 11) is 0.839. The van der Waals surface area contributed by atoms with E-state index in [-0.39, 0.29) is 13.2 Å². The molecule has 0 bridgehead atoms. The van der Waals surface area contributed by atoms with Gasteiger partial charge < -0.3 is 29.8 Å². The Kier molecular flexibility index (Phi) is 7.11. The van der Waals surface area contributed by atoms with E-state index in [0.29, 0.717) is 22.7 Å². The molecule has 0 spiro atoms. The fourth-order valence-corrected chi connectivity index (χ4v) is 3.04. The third-order valence-electron chi connectivity index (χ3n) is 5.64. The van der Waals surface area contributed by atoms with Gasteiger partial charge in [0.25, 0.3) is 0 Å². The summed E-state index contributed by atoms with van der Waals surface area (Å²) >= 11 is 0. The van der Waals surface area contributed by atoms with Crippen LogP contribution in [0.1, 0.15) is 39.0 Å². The minimum absolute atomic E-state index is 0.152. The normalized spacial score (nSPS) is 17.2. The molecule has 8 nitrogen and oxygen atoms in total. The van der Waals surface area contributed by atoms with Gasteiger partial charge in [0.15, 0.2) is 0 Å². The Balaban J connectivity index is 1.76. The van der Waals surface area contributed by atoms with Crippen LogP contribution in [-0.2, 0) is 20.7 Å². The smallest absolute Gasteiger partial charge is 0.480 e. The van der Waals surface area contributed by atoms with Crippen molar-refractivity contribution in [1.82, 2.24) is 10.3 Å². The lowest BCUT2D eigenvalue weighted by molar-refractivity contribution is 0.00578. The SMILES string of the molecule is COc1nc(C=C(CNC(=O)OCc2ccccc2)B2OC(C)(C)C(C)(C)O2)ccc1N. The molecule has 9 heteroatoms. The third-order valence-corrected chi connectivity index (χ3v) is 5.64. The van der Waals surface area contributed by atoms with E-state index in [2.05, 4.69) is 10.3 Å². The second kappa shape index (κ2) is 9.62. The molecule has 0 aliphatic carbocycles. The van der Waals surface area contributed by atoms with Crippen LogP contribution < -0.4 is 15.8 Å². The highest BCUT2D eigenvalue weighted by Crippen LogP contribution is 2.38. The van der Waals surface area contributed by atoms with Gasteiger partial charge in [0, 0.05) is 6.54 Å². The van der Waals surface area contributed by atoms with Gasteiger partial charge in [0.1, 0.15) is 6.61 Å². The first kappa shape index (κ1) is 23.6. The molecule has 1 aromatic carbocycles. The summed E-state index contributed by atoms with van der Waals surface area (Å²) < 4.78 is 22.9. The third kappa shape index (κ3) is 5.60. The zero-order valence-electron chi connectivity index (χ0n) is 19.2. The van der Waals surface area contributed by atoms with Crippen molar-refractivity contribution in [3.8, 4) is 5.88 Å². The van der Waals surface area contributed by atoms with Crippen LogP contribution in [0.5, 0.6) is 5.88 Å². The number of nitrogens with one attached hydrogen (secondary N) is 1. The van der Waals surface area contributed by atoms with Gasteiger partial charge in [-0.3, -0.25) is 0 Å². The number of nitrogen functional groups attached to an aromatic ring is 1. The predicted octanol–water partition coefficient (Wildman–Crippen LogP) is 3.61. The van der Waals surface area contributed by atoms with Crippen LogP contribution >= 0.6 is 0 Å². The van der Waals surface area contributed by atoms with Crippen LogP contribution in [0.3, 0.4) is 0 Å². The number of hydrogen-bond donors (Lipinski definition) is 2. The molecule has 0 atom stereocenters. The van der Waals surface area contributed by atoms with Gasteiger partial charge >= 0.3 is 13.2 Å². The fourth-order valence-electron chi connectivity index (χ4n) is 3.04. The number of nitrogens with two attached hydrogens (primary N) is 1. The van der Waals surface area contributed by atoms with Crippen molar-refractivity contribution in [3.05, 3.63) is 59.2 Å². The van der Waals surface area contributed by atoms with Crippen molar-refractivity contribution < 1.29 is 23.6 Å². The summed E-state index contributed by atoms with van der Waals surface area (Å²) in [6.45, 7) is 8.21. The molecule has 1 aliphatic rings. The van der Waals surface area contributed by atoms with E-state index in [0.717, 1.165) is 5.56 Å². The maximum absolute atomic E-state index is 12.3. The first-order chi connectivity index (χ1) is 15.1. The number of hydrogen-bond acceptors (Lipinski definition) is 7. The highest BCUT2D eigenvalue weighted by Gasteiger charge is 2.52. The zero-order valence-corrected chi connectivity index (χ0v) is 19.2. The summed E-state index contributed by atoms with van der Waals surface area (Å²) in [6, 6.07) is 12.9. The van der Waals surface area contributed by atoms with Crippen molar-refractivity contribution in [2.45, 2.75) is 45.5 Å². The Bertz CT molecular complexity index is 963. The van der Waals surface area contributed by atoms with Gasteiger partial charge in [-0.05, 0) is 56.9 Å². The van der Waals surface area contributed by atoms with Crippen LogP contribution in [0.15, 0.2) is 47.9 Å². The molecule has 3 rings (SSSR count). The maximum atomic E-state index is 12.3. The van der Waals surface area contributed by atoms with Gasteiger partial charge in [-0.25, -0.2) is 9.78 Å². The van der Waals surface area contributed by atoms with Crippen LogP contribution in [0.2, 0.25) is 0 Å². The monoisotopic (exact) mass is 439 g/mol. The van der Waals surface area contributed by atoms with E-state index >= 15 is 0 Å². The van der Waals surface area contributed by atoms with E-state index in [1.54, 1.807) is 18.2 Å². The van der Waals surface area contributed by atoms with Gasteiger partial charge in [-0.2, -0.15) is 0 Å². The molecule has 32 heavy (non-hydrogen) atoms. The lowest BCUT2D eigenvalue weighted by Gasteiger charge is -2.32. The molecular formula is C23H30BN3O5. The quantitative estimate of drug-likeness (QED) is 0.635. The van der Waals surface area contributed by atoms with Crippen molar-refractivity contribution in [2.75, 3.05) is 19.4 Å². The number of alkyl carbamates (subject to hydrolysis) is 1.